The van der Waals surface area contributed by atoms with Crippen LogP contribution in [0, 0.1) is 11.6 Å². The highest BCUT2D eigenvalue weighted by Gasteiger charge is 2.31. The summed E-state index contributed by atoms with van der Waals surface area (Å²) >= 11 is 1.63. The number of amides is 1. The Morgan fingerprint density at radius 1 is 1.47 bits per heavy atom. The van der Waals surface area contributed by atoms with Crippen molar-refractivity contribution >= 4 is 17.7 Å². The van der Waals surface area contributed by atoms with E-state index in [0.717, 1.165) is 24.0 Å². The molecule has 2 rings (SSSR count). The van der Waals surface area contributed by atoms with E-state index in [9.17, 15) is 18.7 Å². The third-order valence-electron chi connectivity index (χ3n) is 3.06. The number of carbonyl (C=O) groups is 1. The molecule has 0 saturated carbocycles. The van der Waals surface area contributed by atoms with Crippen molar-refractivity contribution in [3.63, 3.8) is 0 Å². The molecular weight excluding hydrogens is 272 g/mol. The number of halogens is 2. The van der Waals surface area contributed by atoms with Crippen molar-refractivity contribution in [2.24, 2.45) is 0 Å². The smallest absolute Gasteiger partial charge is 0.224 e. The van der Waals surface area contributed by atoms with Gasteiger partial charge in [0.2, 0.25) is 5.91 Å². The number of benzene rings is 1. The Bertz CT molecular complexity index is 476. The summed E-state index contributed by atoms with van der Waals surface area (Å²) in [7, 11) is 0. The maximum absolute atomic E-state index is 13.3. The number of nitrogens with one attached hydrogen (secondary N) is 1. The van der Waals surface area contributed by atoms with E-state index in [1.54, 1.807) is 11.8 Å². The molecule has 1 heterocycles. The first-order chi connectivity index (χ1) is 8.98. The van der Waals surface area contributed by atoms with Gasteiger partial charge < -0.3 is 10.4 Å². The predicted molar refractivity (Wildman–Crippen MR) is 70.0 cm³/mol. The molecule has 1 amide bonds. The van der Waals surface area contributed by atoms with E-state index in [4.69, 9.17) is 0 Å². The second-order valence-electron chi connectivity index (χ2n) is 4.72. The van der Waals surface area contributed by atoms with Crippen LogP contribution < -0.4 is 5.32 Å². The molecule has 1 aliphatic heterocycles. The quantitative estimate of drug-likeness (QED) is 0.882. The molecule has 1 saturated heterocycles. The van der Waals surface area contributed by atoms with Crippen molar-refractivity contribution in [2.75, 3.05) is 18.1 Å². The first-order valence-electron chi connectivity index (χ1n) is 5.99. The fraction of sp³-hybridized carbons (Fsp3) is 0.462. The minimum atomic E-state index is -0.874. The zero-order valence-electron chi connectivity index (χ0n) is 10.3. The Labute approximate surface area is 114 Å². The van der Waals surface area contributed by atoms with Crippen molar-refractivity contribution in [3.05, 3.63) is 35.4 Å². The van der Waals surface area contributed by atoms with Crippen LogP contribution in [0.3, 0.4) is 0 Å². The van der Waals surface area contributed by atoms with Crippen LogP contribution >= 0.6 is 11.8 Å². The molecule has 0 aromatic heterocycles. The SMILES string of the molecule is O=C(Cc1cc(F)ccc1F)NCC1(O)CCSC1. The lowest BCUT2D eigenvalue weighted by atomic mass is 10.0. The van der Waals surface area contributed by atoms with E-state index in [1.807, 2.05) is 0 Å². The Kier molecular flexibility index (Phi) is 4.42. The Balaban J connectivity index is 1.89. The number of thioether (sulfide) groups is 1. The van der Waals surface area contributed by atoms with Gasteiger partial charge in [0.15, 0.2) is 0 Å². The minimum absolute atomic E-state index is 0.0188. The van der Waals surface area contributed by atoms with Crippen LogP contribution in [-0.4, -0.2) is 34.7 Å². The molecule has 1 aromatic carbocycles. The molecule has 104 valence electrons. The summed E-state index contributed by atoms with van der Waals surface area (Å²) in [6, 6.07) is 3.02. The fourth-order valence-corrected chi connectivity index (χ4v) is 3.21. The largest absolute Gasteiger partial charge is 0.387 e. The molecule has 1 aliphatic rings. The summed E-state index contributed by atoms with van der Waals surface area (Å²) in [4.78, 5) is 11.7. The fourth-order valence-electron chi connectivity index (χ4n) is 1.91. The van der Waals surface area contributed by atoms with Crippen LogP contribution in [-0.2, 0) is 11.2 Å². The van der Waals surface area contributed by atoms with E-state index >= 15 is 0 Å². The third-order valence-corrected chi connectivity index (χ3v) is 4.29. The molecular formula is C13H15F2NO2S. The lowest BCUT2D eigenvalue weighted by Gasteiger charge is -2.21. The minimum Gasteiger partial charge on any atom is -0.387 e. The second-order valence-corrected chi connectivity index (χ2v) is 5.82. The van der Waals surface area contributed by atoms with Crippen molar-refractivity contribution in [1.82, 2.24) is 5.32 Å². The summed E-state index contributed by atoms with van der Waals surface area (Å²) in [5, 5.41) is 12.6. The lowest BCUT2D eigenvalue weighted by Crippen LogP contribution is -2.43. The van der Waals surface area contributed by atoms with Crippen molar-refractivity contribution in [2.45, 2.75) is 18.4 Å². The maximum Gasteiger partial charge on any atom is 0.224 e. The second kappa shape index (κ2) is 5.88. The molecule has 1 fully saturated rings. The van der Waals surface area contributed by atoms with E-state index < -0.39 is 23.1 Å². The predicted octanol–water partition coefficient (Wildman–Crippen LogP) is 1.49. The van der Waals surface area contributed by atoms with Crippen LogP contribution in [0.15, 0.2) is 18.2 Å². The topological polar surface area (TPSA) is 49.3 Å². The molecule has 3 nitrogen and oxygen atoms in total. The standard InChI is InChI=1S/C13H15F2NO2S/c14-10-1-2-11(15)9(5-10)6-12(17)16-7-13(18)3-4-19-8-13/h1-2,5,18H,3-4,6-8H2,(H,16,17). The summed E-state index contributed by atoms with van der Waals surface area (Å²) < 4.78 is 26.3. The zero-order valence-corrected chi connectivity index (χ0v) is 11.1. The van der Waals surface area contributed by atoms with Crippen LogP contribution in [0.5, 0.6) is 0 Å². The summed E-state index contributed by atoms with van der Waals surface area (Å²) in [5.41, 5.74) is -0.855. The third kappa shape index (κ3) is 3.91. The Morgan fingerprint density at radius 2 is 2.26 bits per heavy atom. The molecule has 1 unspecified atom stereocenters. The summed E-state index contributed by atoms with van der Waals surface area (Å²) in [6.45, 7) is 0.149. The van der Waals surface area contributed by atoms with Crippen molar-refractivity contribution in [1.29, 1.82) is 0 Å². The van der Waals surface area contributed by atoms with Gasteiger partial charge in [-0.1, -0.05) is 0 Å². The van der Waals surface area contributed by atoms with Crippen LogP contribution in [0.2, 0.25) is 0 Å². The number of carbonyl (C=O) groups excluding carboxylic acids is 1. The van der Waals surface area contributed by atoms with Gasteiger partial charge in [0.25, 0.3) is 0 Å². The molecule has 1 aromatic rings. The number of rotatable bonds is 4. The molecule has 19 heavy (non-hydrogen) atoms. The van der Waals surface area contributed by atoms with E-state index in [0.29, 0.717) is 12.2 Å². The average Bonchev–Trinajstić information content (AvgIpc) is 2.79. The molecule has 2 N–H and O–H groups in total. The lowest BCUT2D eigenvalue weighted by molar-refractivity contribution is -0.121. The van der Waals surface area contributed by atoms with E-state index in [1.165, 1.54) is 0 Å². The van der Waals surface area contributed by atoms with Crippen molar-refractivity contribution in [3.8, 4) is 0 Å². The molecule has 6 heteroatoms. The molecule has 0 radical (unpaired) electrons. The highest BCUT2D eigenvalue weighted by Crippen LogP contribution is 2.26. The van der Waals surface area contributed by atoms with E-state index in [-0.39, 0.29) is 18.5 Å². The van der Waals surface area contributed by atoms with Crippen LogP contribution in [0.25, 0.3) is 0 Å². The Morgan fingerprint density at radius 3 is 2.95 bits per heavy atom. The highest BCUT2D eigenvalue weighted by molar-refractivity contribution is 7.99. The average molecular weight is 287 g/mol. The summed E-state index contributed by atoms with van der Waals surface area (Å²) in [5.74, 6) is -0.150. The van der Waals surface area contributed by atoms with Gasteiger partial charge in [0, 0.05) is 17.9 Å². The van der Waals surface area contributed by atoms with Gasteiger partial charge in [-0.25, -0.2) is 8.78 Å². The van der Waals surface area contributed by atoms with Gasteiger partial charge in [-0.15, -0.1) is 0 Å². The number of hydrogen-bond donors (Lipinski definition) is 2. The zero-order chi connectivity index (χ0) is 13.9. The molecule has 0 bridgehead atoms. The number of hydrogen-bond acceptors (Lipinski definition) is 3. The van der Waals surface area contributed by atoms with Gasteiger partial charge in [-0.05, 0) is 30.4 Å². The Hall–Kier alpha value is -1.14. The summed E-state index contributed by atoms with van der Waals surface area (Å²) in [6.07, 6.45) is 0.402. The molecule has 0 aliphatic carbocycles. The van der Waals surface area contributed by atoms with Crippen molar-refractivity contribution < 1.29 is 18.7 Å². The monoisotopic (exact) mass is 287 g/mol. The first kappa shape index (κ1) is 14.3. The van der Waals surface area contributed by atoms with Gasteiger partial charge in [-0.3, -0.25) is 4.79 Å². The first-order valence-corrected chi connectivity index (χ1v) is 7.15. The number of aliphatic hydroxyl groups is 1. The van der Waals surface area contributed by atoms with Gasteiger partial charge in [0.05, 0.1) is 12.0 Å². The van der Waals surface area contributed by atoms with Gasteiger partial charge in [-0.2, -0.15) is 11.8 Å². The van der Waals surface area contributed by atoms with Gasteiger partial charge >= 0.3 is 0 Å². The van der Waals surface area contributed by atoms with Crippen LogP contribution in [0.1, 0.15) is 12.0 Å². The van der Waals surface area contributed by atoms with E-state index in [2.05, 4.69) is 5.32 Å². The molecule has 1 atom stereocenters. The molecule has 0 spiro atoms. The highest BCUT2D eigenvalue weighted by atomic mass is 32.2. The van der Waals surface area contributed by atoms with Crippen LogP contribution in [0.4, 0.5) is 8.78 Å². The van der Waals surface area contributed by atoms with Gasteiger partial charge in [0.1, 0.15) is 11.6 Å². The maximum atomic E-state index is 13.3. The normalized spacial score (nSPS) is 22.5.